The highest BCUT2D eigenvalue weighted by Crippen LogP contribution is 2.28. The zero-order chi connectivity index (χ0) is 13.6. The minimum Gasteiger partial charge on any atom is -0.497 e. The minimum absolute atomic E-state index is 0.410. The number of likely N-dealkylation sites (N-methyl/N-ethyl adjacent to an activating group) is 1. The van der Waals surface area contributed by atoms with Gasteiger partial charge in [0.05, 0.1) is 12.6 Å². The second-order valence-corrected chi connectivity index (χ2v) is 6.81. The molecule has 2 heteroatoms. The predicted octanol–water partition coefficient (Wildman–Crippen LogP) is 4.12. The Kier molecular flexibility index (Phi) is 6.20. The molecule has 0 spiro atoms. The Balaban J connectivity index is 2.54. The Morgan fingerprint density at radius 1 is 1.39 bits per heavy atom. The first kappa shape index (κ1) is 15.6. The molecule has 0 aromatic heterocycles. The Morgan fingerprint density at radius 3 is 2.61 bits per heavy atom. The Morgan fingerprint density at radius 2 is 2.11 bits per heavy atom. The largest absolute Gasteiger partial charge is 0.497 e. The van der Waals surface area contributed by atoms with Crippen LogP contribution in [0.4, 0.5) is 0 Å². The second kappa shape index (κ2) is 7.18. The third-order valence-corrected chi connectivity index (χ3v) is 3.36. The van der Waals surface area contributed by atoms with E-state index in [1.54, 1.807) is 0 Å². The van der Waals surface area contributed by atoms with Crippen LogP contribution in [0.5, 0.6) is 0 Å². The first-order chi connectivity index (χ1) is 8.42. The second-order valence-electron chi connectivity index (χ2n) is 6.81. The van der Waals surface area contributed by atoms with Gasteiger partial charge in [0.2, 0.25) is 0 Å². The predicted molar refractivity (Wildman–Crippen MR) is 78.6 cm³/mol. The van der Waals surface area contributed by atoms with E-state index in [1.807, 2.05) is 0 Å². The van der Waals surface area contributed by atoms with Gasteiger partial charge < -0.3 is 10.1 Å². The molecule has 1 aliphatic rings. The standard InChI is InChI=1S/C16H31NO/c1-6-17-14(15-9-7-8-10-18-15)11-13(2)12-16(3,4)5/h9,13-14,17H,6-8,10-12H2,1-5H3. The lowest BCUT2D eigenvalue weighted by molar-refractivity contribution is 0.156. The van der Waals surface area contributed by atoms with Crippen LogP contribution in [-0.2, 0) is 4.74 Å². The summed E-state index contributed by atoms with van der Waals surface area (Å²) in [6.45, 7) is 13.4. The van der Waals surface area contributed by atoms with Crippen molar-refractivity contribution in [2.75, 3.05) is 13.2 Å². The molecule has 2 nitrogen and oxygen atoms in total. The molecule has 0 fully saturated rings. The summed E-state index contributed by atoms with van der Waals surface area (Å²) in [5.74, 6) is 1.91. The number of nitrogens with one attached hydrogen (secondary N) is 1. The van der Waals surface area contributed by atoms with Gasteiger partial charge in [0.1, 0.15) is 5.76 Å². The quantitative estimate of drug-likeness (QED) is 0.769. The fourth-order valence-corrected chi connectivity index (χ4v) is 2.90. The molecule has 18 heavy (non-hydrogen) atoms. The van der Waals surface area contributed by atoms with Gasteiger partial charge in [0.15, 0.2) is 0 Å². The number of hydrogen-bond acceptors (Lipinski definition) is 2. The maximum Gasteiger partial charge on any atom is 0.109 e. The molecule has 2 unspecified atom stereocenters. The highest BCUT2D eigenvalue weighted by molar-refractivity contribution is 5.05. The third kappa shape index (κ3) is 5.90. The molecule has 0 saturated carbocycles. The van der Waals surface area contributed by atoms with E-state index in [4.69, 9.17) is 4.74 Å². The molecule has 106 valence electrons. The zero-order valence-electron chi connectivity index (χ0n) is 12.9. The molecule has 0 aromatic carbocycles. The summed E-state index contributed by atoms with van der Waals surface area (Å²) in [5.41, 5.74) is 0.415. The van der Waals surface area contributed by atoms with Crippen LogP contribution in [0.3, 0.4) is 0 Å². The van der Waals surface area contributed by atoms with Crippen molar-refractivity contribution in [3.8, 4) is 0 Å². The van der Waals surface area contributed by atoms with E-state index in [0.29, 0.717) is 11.5 Å². The molecule has 0 aromatic rings. The van der Waals surface area contributed by atoms with Crippen LogP contribution in [0.25, 0.3) is 0 Å². The summed E-state index contributed by atoms with van der Waals surface area (Å²) in [4.78, 5) is 0. The van der Waals surface area contributed by atoms with E-state index in [2.05, 4.69) is 46.0 Å². The van der Waals surface area contributed by atoms with Crippen LogP contribution in [0.15, 0.2) is 11.8 Å². The van der Waals surface area contributed by atoms with Crippen LogP contribution in [0, 0.1) is 11.3 Å². The Hall–Kier alpha value is -0.500. The molecule has 1 rings (SSSR count). The molecular formula is C16H31NO. The average Bonchev–Trinajstić information content (AvgIpc) is 2.27. The third-order valence-electron chi connectivity index (χ3n) is 3.36. The SMILES string of the molecule is CCNC(CC(C)CC(C)(C)C)C1=CCCCO1. The Bertz CT molecular complexity index is 265. The maximum absolute atomic E-state index is 5.82. The lowest BCUT2D eigenvalue weighted by Crippen LogP contribution is -2.35. The topological polar surface area (TPSA) is 21.3 Å². The molecule has 1 heterocycles. The first-order valence-electron chi connectivity index (χ1n) is 7.48. The van der Waals surface area contributed by atoms with Gasteiger partial charge in [-0.2, -0.15) is 0 Å². The maximum atomic E-state index is 5.82. The fraction of sp³-hybridized carbons (Fsp3) is 0.875. The van der Waals surface area contributed by atoms with Gasteiger partial charge in [-0.3, -0.25) is 0 Å². The van der Waals surface area contributed by atoms with E-state index in [-0.39, 0.29) is 0 Å². The fourth-order valence-electron chi connectivity index (χ4n) is 2.90. The average molecular weight is 253 g/mol. The normalized spacial score (nSPS) is 19.9. The number of ether oxygens (including phenoxy) is 1. The van der Waals surface area contributed by atoms with Crippen LogP contribution < -0.4 is 5.32 Å². The van der Waals surface area contributed by atoms with Crippen molar-refractivity contribution >= 4 is 0 Å². The van der Waals surface area contributed by atoms with E-state index in [1.165, 1.54) is 31.4 Å². The zero-order valence-corrected chi connectivity index (χ0v) is 12.9. The van der Waals surface area contributed by atoms with Gasteiger partial charge in [0, 0.05) is 0 Å². The summed E-state index contributed by atoms with van der Waals surface area (Å²) >= 11 is 0. The first-order valence-corrected chi connectivity index (χ1v) is 7.48. The number of allylic oxidation sites excluding steroid dienone is 1. The van der Waals surface area contributed by atoms with Crippen molar-refractivity contribution in [3.05, 3.63) is 11.8 Å². The van der Waals surface area contributed by atoms with Crippen molar-refractivity contribution in [3.63, 3.8) is 0 Å². The molecule has 0 amide bonds. The molecule has 0 radical (unpaired) electrons. The molecule has 1 N–H and O–H groups in total. The van der Waals surface area contributed by atoms with E-state index in [0.717, 1.165) is 19.1 Å². The van der Waals surface area contributed by atoms with Crippen LogP contribution in [0.2, 0.25) is 0 Å². The van der Waals surface area contributed by atoms with E-state index < -0.39 is 0 Å². The van der Waals surface area contributed by atoms with Crippen LogP contribution in [0.1, 0.15) is 60.3 Å². The highest BCUT2D eigenvalue weighted by atomic mass is 16.5. The van der Waals surface area contributed by atoms with E-state index in [9.17, 15) is 0 Å². The van der Waals surface area contributed by atoms with Gasteiger partial charge >= 0.3 is 0 Å². The van der Waals surface area contributed by atoms with Gasteiger partial charge in [-0.1, -0.05) is 34.6 Å². The van der Waals surface area contributed by atoms with Gasteiger partial charge in [-0.05, 0) is 49.6 Å². The molecule has 0 saturated heterocycles. The minimum atomic E-state index is 0.410. The van der Waals surface area contributed by atoms with Crippen molar-refractivity contribution in [1.29, 1.82) is 0 Å². The van der Waals surface area contributed by atoms with Gasteiger partial charge in [-0.25, -0.2) is 0 Å². The van der Waals surface area contributed by atoms with Gasteiger partial charge in [0.25, 0.3) is 0 Å². The van der Waals surface area contributed by atoms with Crippen LogP contribution in [-0.4, -0.2) is 19.2 Å². The molecular weight excluding hydrogens is 222 g/mol. The van der Waals surface area contributed by atoms with Crippen molar-refractivity contribution < 1.29 is 4.74 Å². The lowest BCUT2D eigenvalue weighted by atomic mass is 9.82. The lowest BCUT2D eigenvalue weighted by Gasteiger charge is -2.29. The monoisotopic (exact) mass is 253 g/mol. The smallest absolute Gasteiger partial charge is 0.109 e. The molecule has 0 bridgehead atoms. The molecule has 2 atom stereocenters. The summed E-state index contributed by atoms with van der Waals surface area (Å²) in [5, 5.41) is 3.58. The summed E-state index contributed by atoms with van der Waals surface area (Å²) < 4.78 is 5.82. The van der Waals surface area contributed by atoms with Crippen LogP contribution >= 0.6 is 0 Å². The molecule has 1 aliphatic heterocycles. The van der Waals surface area contributed by atoms with Crippen molar-refractivity contribution in [2.24, 2.45) is 11.3 Å². The molecule has 0 aliphatic carbocycles. The number of rotatable bonds is 6. The Labute approximate surface area is 113 Å². The number of hydrogen-bond donors (Lipinski definition) is 1. The highest BCUT2D eigenvalue weighted by Gasteiger charge is 2.22. The van der Waals surface area contributed by atoms with E-state index >= 15 is 0 Å². The summed E-state index contributed by atoms with van der Waals surface area (Å²) in [6, 6.07) is 0.410. The van der Waals surface area contributed by atoms with Gasteiger partial charge in [-0.15, -0.1) is 0 Å². The van der Waals surface area contributed by atoms with Crippen molar-refractivity contribution in [1.82, 2.24) is 5.32 Å². The summed E-state index contributed by atoms with van der Waals surface area (Å²) in [7, 11) is 0. The van der Waals surface area contributed by atoms with Crippen molar-refractivity contribution in [2.45, 2.75) is 66.3 Å². The summed E-state index contributed by atoms with van der Waals surface area (Å²) in [6.07, 6.45) is 7.06.